The monoisotopic (exact) mass is 274 g/mol. The van der Waals surface area contributed by atoms with Gasteiger partial charge in [-0.3, -0.25) is 0 Å². The van der Waals surface area contributed by atoms with Crippen molar-refractivity contribution in [2.75, 3.05) is 0 Å². The number of hydrogen-bond acceptors (Lipinski definition) is 0. The molecule has 0 radical (unpaired) electrons. The van der Waals surface area contributed by atoms with Crippen molar-refractivity contribution in [3.63, 3.8) is 0 Å². The summed E-state index contributed by atoms with van der Waals surface area (Å²) in [5, 5.41) is 2.64. The van der Waals surface area contributed by atoms with E-state index in [-0.39, 0.29) is 0 Å². The number of benzene rings is 2. The molecule has 104 valence electrons. The standard InChI is InChI=1S/C19H18N2/c1-12(16-11-20-17-9-5-3-7-14(16)17)19-13(2)21-18-10-6-4-8-15(18)19/h3-12,20-21H,1-2H3. The van der Waals surface area contributed by atoms with E-state index < -0.39 is 0 Å². The Bertz CT molecular complexity index is 927. The fraction of sp³-hybridized carbons (Fsp3) is 0.158. The summed E-state index contributed by atoms with van der Waals surface area (Å²) in [6, 6.07) is 17.1. The quantitative estimate of drug-likeness (QED) is 0.509. The van der Waals surface area contributed by atoms with E-state index in [0.29, 0.717) is 5.92 Å². The van der Waals surface area contributed by atoms with Crippen molar-refractivity contribution in [1.82, 2.24) is 9.97 Å². The summed E-state index contributed by atoms with van der Waals surface area (Å²) in [6.45, 7) is 4.46. The van der Waals surface area contributed by atoms with Gasteiger partial charge in [-0.1, -0.05) is 43.3 Å². The van der Waals surface area contributed by atoms with Crippen LogP contribution < -0.4 is 0 Å². The van der Waals surface area contributed by atoms with Crippen LogP contribution in [0, 0.1) is 6.92 Å². The molecular weight excluding hydrogens is 256 g/mol. The first-order valence-corrected chi connectivity index (χ1v) is 7.39. The molecule has 0 aliphatic carbocycles. The summed E-state index contributed by atoms with van der Waals surface area (Å²) in [4.78, 5) is 6.90. The van der Waals surface area contributed by atoms with E-state index in [1.807, 2.05) is 0 Å². The topological polar surface area (TPSA) is 31.6 Å². The summed E-state index contributed by atoms with van der Waals surface area (Å²) in [6.07, 6.45) is 2.15. The third-order valence-electron chi connectivity index (χ3n) is 4.46. The van der Waals surface area contributed by atoms with Crippen LogP contribution in [0.3, 0.4) is 0 Å². The Morgan fingerprint density at radius 1 is 0.857 bits per heavy atom. The lowest BCUT2D eigenvalue weighted by molar-refractivity contribution is 0.926. The zero-order chi connectivity index (χ0) is 14.4. The van der Waals surface area contributed by atoms with E-state index in [1.165, 1.54) is 38.6 Å². The zero-order valence-corrected chi connectivity index (χ0v) is 12.3. The molecule has 2 N–H and O–H groups in total. The van der Waals surface area contributed by atoms with Gasteiger partial charge in [-0.25, -0.2) is 0 Å². The fourth-order valence-electron chi connectivity index (χ4n) is 3.46. The van der Waals surface area contributed by atoms with Crippen LogP contribution in [-0.2, 0) is 0 Å². The van der Waals surface area contributed by atoms with Gasteiger partial charge >= 0.3 is 0 Å². The van der Waals surface area contributed by atoms with Crippen molar-refractivity contribution in [2.45, 2.75) is 19.8 Å². The molecule has 0 bridgehead atoms. The Kier molecular flexibility index (Phi) is 2.64. The molecule has 2 aromatic carbocycles. The molecule has 4 aromatic rings. The Hall–Kier alpha value is -2.48. The number of aromatic nitrogens is 2. The largest absolute Gasteiger partial charge is 0.361 e. The maximum Gasteiger partial charge on any atom is 0.0459 e. The average molecular weight is 274 g/mol. The molecule has 1 unspecified atom stereocenters. The summed E-state index contributed by atoms with van der Waals surface area (Å²) in [5.41, 5.74) is 6.44. The Morgan fingerprint density at radius 2 is 1.52 bits per heavy atom. The summed E-state index contributed by atoms with van der Waals surface area (Å²) >= 11 is 0. The van der Waals surface area contributed by atoms with Crippen molar-refractivity contribution in [3.8, 4) is 0 Å². The van der Waals surface area contributed by atoms with Crippen LogP contribution in [0.5, 0.6) is 0 Å². The molecule has 2 heterocycles. The molecule has 0 saturated heterocycles. The highest BCUT2D eigenvalue weighted by Gasteiger charge is 2.19. The number of aromatic amines is 2. The molecule has 0 saturated carbocycles. The van der Waals surface area contributed by atoms with Gasteiger partial charge in [0.05, 0.1) is 0 Å². The van der Waals surface area contributed by atoms with E-state index in [2.05, 4.69) is 78.5 Å². The van der Waals surface area contributed by atoms with Gasteiger partial charge < -0.3 is 9.97 Å². The molecule has 0 amide bonds. The molecule has 4 rings (SSSR count). The molecular formula is C19H18N2. The summed E-state index contributed by atoms with van der Waals surface area (Å²) in [7, 11) is 0. The Balaban J connectivity index is 1.94. The van der Waals surface area contributed by atoms with Gasteiger partial charge in [0.15, 0.2) is 0 Å². The van der Waals surface area contributed by atoms with E-state index in [1.54, 1.807) is 0 Å². The molecule has 21 heavy (non-hydrogen) atoms. The average Bonchev–Trinajstić information content (AvgIpc) is 3.06. The second-order valence-electron chi connectivity index (χ2n) is 5.72. The van der Waals surface area contributed by atoms with Crippen molar-refractivity contribution in [2.24, 2.45) is 0 Å². The predicted molar refractivity (Wildman–Crippen MR) is 88.9 cm³/mol. The number of hydrogen-bond donors (Lipinski definition) is 2. The van der Waals surface area contributed by atoms with Gasteiger partial charge in [0, 0.05) is 39.6 Å². The number of rotatable bonds is 2. The lowest BCUT2D eigenvalue weighted by atomic mass is 9.91. The lowest BCUT2D eigenvalue weighted by Gasteiger charge is -2.12. The van der Waals surface area contributed by atoms with Crippen molar-refractivity contribution >= 4 is 21.8 Å². The molecule has 0 aliphatic rings. The van der Waals surface area contributed by atoms with Crippen LogP contribution >= 0.6 is 0 Å². The number of aryl methyl sites for hydroxylation is 1. The van der Waals surface area contributed by atoms with E-state index in [9.17, 15) is 0 Å². The minimum Gasteiger partial charge on any atom is -0.361 e. The van der Waals surface area contributed by atoms with Crippen molar-refractivity contribution in [3.05, 3.63) is 71.5 Å². The maximum absolute atomic E-state index is 3.51. The van der Waals surface area contributed by atoms with Crippen LogP contribution in [-0.4, -0.2) is 9.97 Å². The normalized spacial score (nSPS) is 13.0. The first-order chi connectivity index (χ1) is 10.3. The highest BCUT2D eigenvalue weighted by molar-refractivity contribution is 5.88. The van der Waals surface area contributed by atoms with Gasteiger partial charge in [-0.2, -0.15) is 0 Å². The van der Waals surface area contributed by atoms with Gasteiger partial charge in [0.1, 0.15) is 0 Å². The van der Waals surface area contributed by atoms with Crippen LogP contribution in [0.2, 0.25) is 0 Å². The maximum atomic E-state index is 3.51. The van der Waals surface area contributed by atoms with Crippen LogP contribution in [0.15, 0.2) is 54.7 Å². The van der Waals surface area contributed by atoms with Crippen LogP contribution in [0.4, 0.5) is 0 Å². The first-order valence-electron chi connectivity index (χ1n) is 7.39. The van der Waals surface area contributed by atoms with E-state index in [4.69, 9.17) is 0 Å². The third-order valence-corrected chi connectivity index (χ3v) is 4.46. The number of fused-ring (bicyclic) bond motifs is 2. The molecule has 2 aromatic heterocycles. The van der Waals surface area contributed by atoms with Crippen LogP contribution in [0.25, 0.3) is 21.8 Å². The minimum absolute atomic E-state index is 0.359. The minimum atomic E-state index is 0.359. The van der Waals surface area contributed by atoms with Gasteiger partial charge in [0.2, 0.25) is 0 Å². The van der Waals surface area contributed by atoms with Crippen molar-refractivity contribution in [1.29, 1.82) is 0 Å². The Labute approximate surface area is 123 Å². The fourth-order valence-corrected chi connectivity index (χ4v) is 3.46. The summed E-state index contributed by atoms with van der Waals surface area (Å²) < 4.78 is 0. The third kappa shape index (κ3) is 1.79. The predicted octanol–water partition coefficient (Wildman–Crippen LogP) is 5.11. The number of nitrogens with one attached hydrogen (secondary N) is 2. The molecule has 0 aliphatic heterocycles. The SMILES string of the molecule is Cc1[nH]c2ccccc2c1C(C)c1c[nH]c2ccccc12. The first kappa shape index (κ1) is 12.3. The molecule has 2 heteroatoms. The van der Waals surface area contributed by atoms with Gasteiger partial charge in [-0.05, 0) is 30.2 Å². The van der Waals surface area contributed by atoms with Crippen molar-refractivity contribution < 1.29 is 0 Å². The van der Waals surface area contributed by atoms with E-state index in [0.717, 1.165) is 0 Å². The highest BCUT2D eigenvalue weighted by atomic mass is 14.7. The highest BCUT2D eigenvalue weighted by Crippen LogP contribution is 2.36. The number of para-hydroxylation sites is 2. The number of H-pyrrole nitrogens is 2. The second kappa shape index (κ2) is 4.52. The van der Waals surface area contributed by atoms with Crippen LogP contribution in [0.1, 0.15) is 29.7 Å². The molecule has 2 nitrogen and oxygen atoms in total. The Morgan fingerprint density at radius 3 is 2.33 bits per heavy atom. The molecule has 1 atom stereocenters. The summed E-state index contributed by atoms with van der Waals surface area (Å²) in [5.74, 6) is 0.359. The van der Waals surface area contributed by atoms with Gasteiger partial charge in [-0.15, -0.1) is 0 Å². The zero-order valence-electron chi connectivity index (χ0n) is 12.3. The molecule has 0 fully saturated rings. The second-order valence-corrected chi connectivity index (χ2v) is 5.72. The molecule has 0 spiro atoms. The lowest BCUT2D eigenvalue weighted by Crippen LogP contribution is -1.96. The van der Waals surface area contributed by atoms with Gasteiger partial charge in [0.25, 0.3) is 0 Å². The smallest absolute Gasteiger partial charge is 0.0459 e. The van der Waals surface area contributed by atoms with E-state index >= 15 is 0 Å².